The van der Waals surface area contributed by atoms with E-state index < -0.39 is 0 Å². The van der Waals surface area contributed by atoms with Crippen molar-refractivity contribution >= 4 is 11.6 Å². The van der Waals surface area contributed by atoms with Gasteiger partial charge < -0.3 is 14.6 Å². The van der Waals surface area contributed by atoms with Crippen molar-refractivity contribution in [3.05, 3.63) is 48.2 Å². The number of nitrogens with one attached hydrogen (secondary N) is 1. The smallest absolute Gasteiger partial charge is 0.270 e. The molecule has 2 aromatic heterocycles. The molecule has 6 nitrogen and oxygen atoms in total. The maximum atomic E-state index is 12.3. The number of piperidine rings is 1. The largest absolute Gasteiger partial charge is 0.467 e. The molecular formula is C20H26N4O2. The van der Waals surface area contributed by atoms with Gasteiger partial charge in [0.1, 0.15) is 11.5 Å². The maximum absolute atomic E-state index is 12.3. The van der Waals surface area contributed by atoms with Crippen LogP contribution in [0.15, 0.2) is 41.1 Å². The van der Waals surface area contributed by atoms with Gasteiger partial charge in [0.2, 0.25) is 0 Å². The normalized spacial score (nSPS) is 21.4. The lowest BCUT2D eigenvalue weighted by atomic mass is 9.97. The molecule has 6 heteroatoms. The van der Waals surface area contributed by atoms with Crippen molar-refractivity contribution in [2.45, 2.75) is 44.8 Å². The molecule has 0 aliphatic carbocycles. The van der Waals surface area contributed by atoms with Crippen LogP contribution < -0.4 is 10.2 Å². The zero-order valence-corrected chi connectivity index (χ0v) is 15.2. The molecular weight excluding hydrogens is 328 g/mol. The van der Waals surface area contributed by atoms with Crippen molar-refractivity contribution in [2.24, 2.45) is 0 Å². The van der Waals surface area contributed by atoms with Gasteiger partial charge >= 0.3 is 0 Å². The Balaban J connectivity index is 1.34. The average molecular weight is 354 g/mol. The van der Waals surface area contributed by atoms with E-state index in [0.29, 0.717) is 24.3 Å². The number of pyridine rings is 1. The first-order chi connectivity index (χ1) is 12.7. The molecule has 2 saturated heterocycles. The van der Waals surface area contributed by atoms with Crippen LogP contribution in [0.5, 0.6) is 0 Å². The molecule has 1 amide bonds. The van der Waals surface area contributed by atoms with Crippen LogP contribution >= 0.6 is 0 Å². The summed E-state index contributed by atoms with van der Waals surface area (Å²) < 4.78 is 5.24. The Morgan fingerprint density at radius 1 is 1.35 bits per heavy atom. The Labute approximate surface area is 154 Å². The number of carbonyl (C=O) groups is 1. The van der Waals surface area contributed by atoms with Crippen LogP contribution in [0.2, 0.25) is 0 Å². The number of nitrogens with zero attached hydrogens (tertiary/aromatic N) is 3. The summed E-state index contributed by atoms with van der Waals surface area (Å²) in [5, 5.41) is 2.85. The average Bonchev–Trinajstić information content (AvgIpc) is 3.14. The van der Waals surface area contributed by atoms with Crippen LogP contribution in [0.4, 0.5) is 5.69 Å². The molecule has 0 aromatic carbocycles. The predicted molar refractivity (Wildman–Crippen MR) is 100 cm³/mol. The lowest BCUT2D eigenvalue weighted by molar-refractivity contribution is 0.0875. The Hall–Kier alpha value is -2.34. The van der Waals surface area contributed by atoms with Crippen molar-refractivity contribution in [3.8, 4) is 0 Å². The van der Waals surface area contributed by atoms with Gasteiger partial charge in [0.25, 0.3) is 5.91 Å². The minimum Gasteiger partial charge on any atom is -0.467 e. The molecule has 4 heterocycles. The van der Waals surface area contributed by atoms with Crippen molar-refractivity contribution in [3.63, 3.8) is 0 Å². The minimum absolute atomic E-state index is 0.176. The highest BCUT2D eigenvalue weighted by atomic mass is 16.3. The fraction of sp³-hybridized carbons (Fsp3) is 0.500. The summed E-state index contributed by atoms with van der Waals surface area (Å²) in [7, 11) is 0. The first kappa shape index (κ1) is 17.1. The number of furan rings is 1. The van der Waals surface area contributed by atoms with E-state index in [-0.39, 0.29) is 5.91 Å². The number of hydrogen-bond acceptors (Lipinski definition) is 5. The molecule has 0 bridgehead atoms. The van der Waals surface area contributed by atoms with Gasteiger partial charge in [-0.3, -0.25) is 14.7 Å². The second kappa shape index (κ2) is 7.50. The number of carbonyl (C=O) groups excluding carboxylic acids is 1. The van der Waals surface area contributed by atoms with Crippen LogP contribution in [0, 0.1) is 0 Å². The Kier molecular flexibility index (Phi) is 4.93. The summed E-state index contributed by atoms with van der Waals surface area (Å²) in [6.07, 6.45) is 7.30. The third-order valence-electron chi connectivity index (χ3n) is 5.53. The third-order valence-corrected chi connectivity index (χ3v) is 5.53. The first-order valence-corrected chi connectivity index (χ1v) is 9.48. The van der Waals surface area contributed by atoms with E-state index in [1.54, 1.807) is 12.5 Å². The first-order valence-electron chi connectivity index (χ1n) is 9.48. The lowest BCUT2D eigenvalue weighted by Crippen LogP contribution is -2.62. The van der Waals surface area contributed by atoms with E-state index in [4.69, 9.17) is 4.42 Å². The predicted octanol–water partition coefficient (Wildman–Crippen LogP) is 2.67. The van der Waals surface area contributed by atoms with E-state index in [0.717, 1.165) is 24.5 Å². The van der Waals surface area contributed by atoms with Gasteiger partial charge in [-0.2, -0.15) is 0 Å². The molecule has 0 spiro atoms. The van der Waals surface area contributed by atoms with E-state index >= 15 is 0 Å². The summed E-state index contributed by atoms with van der Waals surface area (Å²) in [4.78, 5) is 21.5. The molecule has 4 rings (SSSR count). The zero-order valence-electron chi connectivity index (χ0n) is 15.2. The van der Waals surface area contributed by atoms with Gasteiger partial charge in [-0.1, -0.05) is 6.42 Å². The summed E-state index contributed by atoms with van der Waals surface area (Å²) in [5.41, 5.74) is 1.52. The van der Waals surface area contributed by atoms with Gasteiger partial charge in [-0.15, -0.1) is 0 Å². The number of likely N-dealkylation sites (tertiary alicyclic amines) is 1. The van der Waals surface area contributed by atoms with E-state index in [1.807, 2.05) is 24.3 Å². The summed E-state index contributed by atoms with van der Waals surface area (Å²) >= 11 is 0. The highest BCUT2D eigenvalue weighted by molar-refractivity contribution is 5.93. The van der Waals surface area contributed by atoms with E-state index in [2.05, 4.69) is 27.0 Å². The monoisotopic (exact) mass is 354 g/mol. The molecule has 1 atom stereocenters. The van der Waals surface area contributed by atoms with Gasteiger partial charge in [0.05, 0.1) is 12.8 Å². The molecule has 2 aliphatic heterocycles. The fourth-order valence-corrected chi connectivity index (χ4v) is 3.95. The molecule has 2 aromatic rings. The summed E-state index contributed by atoms with van der Waals surface area (Å²) in [6, 6.07) is 8.84. The highest BCUT2D eigenvalue weighted by Crippen LogP contribution is 2.28. The lowest BCUT2D eigenvalue weighted by Gasteiger charge is -2.50. The van der Waals surface area contributed by atoms with Crippen LogP contribution in [0.3, 0.4) is 0 Å². The topological polar surface area (TPSA) is 61.6 Å². The molecule has 0 unspecified atom stereocenters. The number of amides is 1. The number of anilines is 1. The van der Waals surface area contributed by atoms with Gasteiger partial charge in [-0.25, -0.2) is 0 Å². The number of rotatable bonds is 5. The SMILES string of the molecule is C[C@H]1CCCCN1C1CN(c2ccnc(C(=O)NCc3ccco3)c2)C1. The third kappa shape index (κ3) is 3.60. The van der Waals surface area contributed by atoms with Crippen molar-refractivity contribution in [1.82, 2.24) is 15.2 Å². The minimum atomic E-state index is -0.176. The van der Waals surface area contributed by atoms with Crippen molar-refractivity contribution in [2.75, 3.05) is 24.5 Å². The van der Waals surface area contributed by atoms with E-state index in [9.17, 15) is 4.79 Å². The maximum Gasteiger partial charge on any atom is 0.270 e. The van der Waals surface area contributed by atoms with Gasteiger partial charge in [-0.05, 0) is 50.6 Å². The van der Waals surface area contributed by atoms with Crippen LogP contribution in [0.25, 0.3) is 0 Å². The molecule has 26 heavy (non-hydrogen) atoms. The van der Waals surface area contributed by atoms with Crippen LogP contribution in [-0.4, -0.2) is 47.5 Å². The number of hydrogen-bond donors (Lipinski definition) is 1. The van der Waals surface area contributed by atoms with Crippen molar-refractivity contribution < 1.29 is 9.21 Å². The Morgan fingerprint density at radius 3 is 3.00 bits per heavy atom. The zero-order chi connectivity index (χ0) is 17.9. The van der Waals surface area contributed by atoms with Crippen molar-refractivity contribution in [1.29, 1.82) is 0 Å². The Morgan fingerprint density at radius 2 is 2.23 bits per heavy atom. The van der Waals surface area contributed by atoms with Crippen LogP contribution in [-0.2, 0) is 6.54 Å². The van der Waals surface area contributed by atoms with Gasteiger partial charge in [0.15, 0.2) is 0 Å². The van der Waals surface area contributed by atoms with Gasteiger partial charge in [0, 0.05) is 37.1 Å². The highest BCUT2D eigenvalue weighted by Gasteiger charge is 2.35. The quantitative estimate of drug-likeness (QED) is 0.894. The van der Waals surface area contributed by atoms with E-state index in [1.165, 1.54) is 25.8 Å². The molecule has 2 aliphatic rings. The summed E-state index contributed by atoms with van der Waals surface area (Å²) in [6.45, 7) is 5.99. The second-order valence-corrected chi connectivity index (χ2v) is 7.30. The fourth-order valence-electron chi connectivity index (χ4n) is 3.95. The molecule has 138 valence electrons. The molecule has 0 radical (unpaired) electrons. The molecule has 0 saturated carbocycles. The molecule has 2 fully saturated rings. The Bertz CT molecular complexity index is 740. The summed E-state index contributed by atoms with van der Waals surface area (Å²) in [5.74, 6) is 0.556. The standard InChI is InChI=1S/C20H26N4O2/c1-15-5-2-3-9-24(15)17-13-23(14-17)16-7-8-21-19(11-16)20(25)22-12-18-6-4-10-26-18/h4,6-8,10-11,15,17H,2-3,5,9,12-14H2,1H3,(H,22,25)/t15-/m0/s1. The van der Waals surface area contributed by atoms with Crippen LogP contribution in [0.1, 0.15) is 42.4 Å². The molecule has 1 N–H and O–H groups in total. The second-order valence-electron chi connectivity index (χ2n) is 7.30. The number of aromatic nitrogens is 1.